The molecule has 0 unspecified atom stereocenters. The molecular formula is C22H23BrN2O4. The summed E-state index contributed by atoms with van der Waals surface area (Å²) in [7, 11) is 3.24. The van der Waals surface area contributed by atoms with Crippen LogP contribution in [0.25, 0.3) is 0 Å². The number of carbonyl (C=O) groups excluding carboxylic acids is 2. The number of nitrogens with zero attached hydrogens (tertiary/aromatic N) is 2. The van der Waals surface area contributed by atoms with E-state index < -0.39 is 6.04 Å². The summed E-state index contributed by atoms with van der Waals surface area (Å²) in [6.07, 6.45) is 0.984. The lowest BCUT2D eigenvalue weighted by molar-refractivity contribution is -0.123. The van der Waals surface area contributed by atoms with Crippen LogP contribution in [0, 0.1) is 0 Å². The number of carbonyl (C=O) groups is 2. The molecular weight excluding hydrogens is 436 g/mol. The van der Waals surface area contributed by atoms with Crippen molar-refractivity contribution in [2.24, 2.45) is 0 Å². The summed E-state index contributed by atoms with van der Waals surface area (Å²) in [5, 5.41) is 0. The van der Waals surface area contributed by atoms with Crippen LogP contribution in [0.3, 0.4) is 0 Å². The molecule has 2 heterocycles. The Hall–Kier alpha value is -2.38. The molecule has 0 bridgehead atoms. The molecule has 1 fully saturated rings. The van der Waals surface area contributed by atoms with Gasteiger partial charge in [0.15, 0.2) is 11.5 Å². The molecule has 0 radical (unpaired) electrons. The Morgan fingerprint density at radius 1 is 1.03 bits per heavy atom. The van der Waals surface area contributed by atoms with Crippen molar-refractivity contribution in [2.45, 2.75) is 31.8 Å². The van der Waals surface area contributed by atoms with Gasteiger partial charge in [-0.3, -0.25) is 14.5 Å². The second-order valence-corrected chi connectivity index (χ2v) is 8.25. The smallest absolute Gasteiger partial charge is 0.251 e. The molecule has 0 aliphatic carbocycles. The maximum absolute atomic E-state index is 13.2. The Kier molecular flexibility index (Phi) is 5.36. The highest BCUT2D eigenvalue weighted by Crippen LogP contribution is 2.40. The van der Waals surface area contributed by atoms with Gasteiger partial charge in [0.1, 0.15) is 0 Å². The van der Waals surface area contributed by atoms with E-state index in [0.717, 1.165) is 16.5 Å². The second kappa shape index (κ2) is 7.80. The fourth-order valence-corrected chi connectivity index (χ4v) is 4.59. The third-order valence-corrected chi connectivity index (χ3v) is 6.37. The molecule has 6 nitrogen and oxygen atoms in total. The number of benzene rings is 2. The van der Waals surface area contributed by atoms with Crippen LogP contribution in [0.2, 0.25) is 0 Å². The Labute approximate surface area is 178 Å². The van der Waals surface area contributed by atoms with E-state index in [1.54, 1.807) is 26.4 Å². The highest BCUT2D eigenvalue weighted by atomic mass is 79.9. The van der Waals surface area contributed by atoms with Crippen molar-refractivity contribution in [3.05, 3.63) is 52.0 Å². The van der Waals surface area contributed by atoms with Crippen LogP contribution < -0.4 is 14.4 Å². The molecule has 2 aromatic carbocycles. The summed E-state index contributed by atoms with van der Waals surface area (Å²) in [5.41, 5.74) is 2.91. The van der Waals surface area contributed by atoms with Crippen molar-refractivity contribution in [1.82, 2.24) is 4.90 Å². The van der Waals surface area contributed by atoms with Crippen LogP contribution in [0.1, 0.15) is 30.5 Å². The monoisotopic (exact) mass is 458 g/mol. The Bertz CT molecular complexity index is 960. The minimum Gasteiger partial charge on any atom is -0.493 e. The topological polar surface area (TPSA) is 59.1 Å². The van der Waals surface area contributed by atoms with E-state index in [4.69, 9.17) is 9.47 Å². The summed E-state index contributed by atoms with van der Waals surface area (Å²) in [4.78, 5) is 29.3. The fraction of sp³-hybridized carbons (Fsp3) is 0.364. The van der Waals surface area contributed by atoms with Crippen LogP contribution in [0.15, 0.2) is 40.9 Å². The van der Waals surface area contributed by atoms with Crippen LogP contribution >= 0.6 is 15.9 Å². The zero-order chi connectivity index (χ0) is 20.7. The predicted molar refractivity (Wildman–Crippen MR) is 113 cm³/mol. The van der Waals surface area contributed by atoms with Gasteiger partial charge < -0.3 is 9.47 Å². The number of hydrogen-bond acceptors (Lipinski definition) is 5. The normalized spacial score (nSPS) is 22.0. The van der Waals surface area contributed by atoms with Crippen LogP contribution in [-0.2, 0) is 16.0 Å². The first kappa shape index (κ1) is 19.9. The molecule has 0 aromatic heterocycles. The predicted octanol–water partition coefficient (Wildman–Crippen LogP) is 3.72. The summed E-state index contributed by atoms with van der Waals surface area (Å²) in [6.45, 7) is 2.78. The first-order valence-corrected chi connectivity index (χ1v) is 10.4. The van der Waals surface area contributed by atoms with Gasteiger partial charge in [-0.15, -0.1) is 0 Å². The second-order valence-electron chi connectivity index (χ2n) is 7.33. The maximum Gasteiger partial charge on any atom is 0.251 e. The molecule has 2 aromatic rings. The number of methoxy groups -OCH3 is 2. The van der Waals surface area contributed by atoms with Gasteiger partial charge >= 0.3 is 0 Å². The first-order chi connectivity index (χ1) is 13.9. The first-order valence-electron chi connectivity index (χ1n) is 9.57. The van der Waals surface area contributed by atoms with Crippen molar-refractivity contribution in [2.75, 3.05) is 25.7 Å². The fourth-order valence-electron chi connectivity index (χ4n) is 4.33. The minimum atomic E-state index is -0.456. The molecule has 0 spiro atoms. The SMILES string of the molecule is COc1cc2c(cc1OC)[C@@H](C)N([C@H]1CC(=O)N(c3ccc(Br)cc3)C1=O)CC2. The molecule has 2 atom stereocenters. The number of imide groups is 1. The standard InChI is InChI=1S/C22H23BrN2O4/c1-13-17-11-20(29-3)19(28-2)10-14(17)8-9-24(13)18-12-21(26)25(22(18)27)16-6-4-15(23)5-7-16/h4-7,10-11,13,18H,8-9,12H2,1-3H3/t13-,18+/m1/s1. The zero-order valence-electron chi connectivity index (χ0n) is 16.6. The summed E-state index contributed by atoms with van der Waals surface area (Å²) >= 11 is 3.39. The van der Waals surface area contributed by atoms with Gasteiger partial charge in [-0.05, 0) is 60.9 Å². The number of ether oxygens (including phenoxy) is 2. The van der Waals surface area contributed by atoms with Gasteiger partial charge in [-0.2, -0.15) is 0 Å². The van der Waals surface area contributed by atoms with Crippen molar-refractivity contribution < 1.29 is 19.1 Å². The third-order valence-electron chi connectivity index (χ3n) is 5.84. The Morgan fingerprint density at radius 3 is 2.34 bits per heavy atom. The zero-order valence-corrected chi connectivity index (χ0v) is 18.2. The summed E-state index contributed by atoms with van der Waals surface area (Å²) < 4.78 is 11.8. The molecule has 1 saturated heterocycles. The maximum atomic E-state index is 13.2. The molecule has 152 valence electrons. The minimum absolute atomic E-state index is 0.00910. The van der Waals surface area contributed by atoms with Crippen molar-refractivity contribution in [1.29, 1.82) is 0 Å². The lowest BCUT2D eigenvalue weighted by Gasteiger charge is -2.38. The number of amides is 2. The lowest BCUT2D eigenvalue weighted by Crippen LogP contribution is -2.46. The molecule has 29 heavy (non-hydrogen) atoms. The van der Waals surface area contributed by atoms with Crippen LogP contribution in [-0.4, -0.2) is 43.5 Å². The molecule has 2 aliphatic rings. The third kappa shape index (κ3) is 3.42. The summed E-state index contributed by atoms with van der Waals surface area (Å²) in [5.74, 6) is 1.06. The average Bonchev–Trinajstić information content (AvgIpc) is 3.02. The van der Waals surface area contributed by atoms with Gasteiger partial charge in [0.2, 0.25) is 5.91 Å². The van der Waals surface area contributed by atoms with Gasteiger partial charge in [-0.1, -0.05) is 15.9 Å². The van der Waals surface area contributed by atoms with E-state index in [9.17, 15) is 9.59 Å². The van der Waals surface area contributed by atoms with E-state index in [2.05, 4.69) is 27.8 Å². The highest BCUT2D eigenvalue weighted by Gasteiger charge is 2.45. The molecule has 7 heteroatoms. The van der Waals surface area contributed by atoms with Crippen molar-refractivity contribution >= 4 is 33.4 Å². The molecule has 2 amide bonds. The van der Waals surface area contributed by atoms with Crippen LogP contribution in [0.5, 0.6) is 11.5 Å². The van der Waals surface area contributed by atoms with Gasteiger partial charge in [0.25, 0.3) is 5.91 Å². The largest absolute Gasteiger partial charge is 0.493 e. The van der Waals surface area contributed by atoms with E-state index in [0.29, 0.717) is 23.7 Å². The van der Waals surface area contributed by atoms with E-state index >= 15 is 0 Å². The number of fused-ring (bicyclic) bond motifs is 1. The van der Waals surface area contributed by atoms with E-state index in [1.807, 2.05) is 24.3 Å². The number of halogens is 1. The Morgan fingerprint density at radius 2 is 1.69 bits per heavy atom. The highest BCUT2D eigenvalue weighted by molar-refractivity contribution is 9.10. The van der Waals surface area contributed by atoms with E-state index in [1.165, 1.54) is 10.5 Å². The van der Waals surface area contributed by atoms with Gasteiger partial charge in [0.05, 0.1) is 32.4 Å². The number of rotatable bonds is 4. The van der Waals surface area contributed by atoms with Crippen molar-refractivity contribution in [3.63, 3.8) is 0 Å². The van der Waals surface area contributed by atoms with Gasteiger partial charge in [-0.25, -0.2) is 4.90 Å². The Balaban J connectivity index is 1.62. The van der Waals surface area contributed by atoms with E-state index in [-0.39, 0.29) is 24.3 Å². The number of anilines is 1. The molecule has 2 aliphatic heterocycles. The molecule has 0 saturated carbocycles. The quantitative estimate of drug-likeness (QED) is 0.653. The van der Waals surface area contributed by atoms with Gasteiger partial charge in [0, 0.05) is 17.1 Å². The average molecular weight is 459 g/mol. The van der Waals surface area contributed by atoms with Crippen LogP contribution in [0.4, 0.5) is 5.69 Å². The molecule has 0 N–H and O–H groups in total. The van der Waals surface area contributed by atoms with Crippen molar-refractivity contribution in [3.8, 4) is 11.5 Å². The lowest BCUT2D eigenvalue weighted by atomic mass is 9.91. The molecule has 4 rings (SSSR count). The summed E-state index contributed by atoms with van der Waals surface area (Å²) in [6, 6.07) is 10.8. The number of hydrogen-bond donors (Lipinski definition) is 0.